The lowest BCUT2D eigenvalue weighted by molar-refractivity contribution is -0.113. The quantitative estimate of drug-likeness (QED) is 0.523. The molecule has 0 unspecified atom stereocenters. The van der Waals surface area contributed by atoms with Gasteiger partial charge in [-0.1, -0.05) is 43.2 Å². The van der Waals surface area contributed by atoms with Crippen molar-refractivity contribution in [3.05, 3.63) is 42.4 Å². The number of fused-ring (bicyclic) bond motifs is 1. The van der Waals surface area contributed by atoms with Gasteiger partial charge in [0.05, 0.1) is 17.3 Å². The van der Waals surface area contributed by atoms with Gasteiger partial charge < -0.3 is 5.32 Å². The number of H-pyrrole nitrogens is 1. The van der Waals surface area contributed by atoms with Crippen LogP contribution in [0.25, 0.3) is 11.0 Å². The van der Waals surface area contributed by atoms with Crippen molar-refractivity contribution in [3.63, 3.8) is 0 Å². The number of aromatic nitrogens is 4. The van der Waals surface area contributed by atoms with Crippen molar-refractivity contribution in [1.29, 1.82) is 0 Å². The molecule has 1 amide bonds. The maximum atomic E-state index is 12.2. The number of anilines is 1. The summed E-state index contributed by atoms with van der Waals surface area (Å²) in [4.78, 5) is 20.6. The molecule has 0 atom stereocenters. The highest BCUT2D eigenvalue weighted by atomic mass is 32.2. The van der Waals surface area contributed by atoms with Crippen LogP contribution in [0.4, 0.5) is 5.69 Å². The first-order valence-corrected chi connectivity index (χ1v) is 9.95. The van der Waals surface area contributed by atoms with Gasteiger partial charge in [-0.15, -0.1) is 0 Å². The second-order valence-corrected chi connectivity index (χ2v) is 7.57. The van der Waals surface area contributed by atoms with Gasteiger partial charge >= 0.3 is 0 Å². The molecule has 0 bridgehead atoms. The Morgan fingerprint density at radius 2 is 1.96 bits per heavy atom. The standard InChI is InChI=1S/C19H21N5OS/c25-17(11-26-19-16-10-22-24-18(16)20-12-21-19)23-15-8-6-14(7-9-15)13-4-2-1-3-5-13/h6-10,12-13H,1-5,11H2,(H,23,25)(H,20,21,22,24). The largest absolute Gasteiger partial charge is 0.325 e. The zero-order valence-electron chi connectivity index (χ0n) is 14.4. The number of hydrogen-bond donors (Lipinski definition) is 2. The lowest BCUT2D eigenvalue weighted by Gasteiger charge is -2.22. The molecule has 1 saturated carbocycles. The van der Waals surface area contributed by atoms with Crippen LogP contribution in [0.5, 0.6) is 0 Å². The molecule has 2 N–H and O–H groups in total. The van der Waals surface area contributed by atoms with Gasteiger partial charge in [0.1, 0.15) is 11.4 Å². The number of amides is 1. The minimum absolute atomic E-state index is 0.0457. The lowest BCUT2D eigenvalue weighted by Crippen LogP contribution is -2.14. The fraction of sp³-hybridized carbons (Fsp3) is 0.368. The first-order valence-electron chi connectivity index (χ1n) is 8.96. The third-order valence-corrected chi connectivity index (χ3v) is 5.83. The number of rotatable bonds is 5. The third kappa shape index (κ3) is 3.88. The maximum Gasteiger partial charge on any atom is 0.234 e. The van der Waals surface area contributed by atoms with E-state index in [-0.39, 0.29) is 5.91 Å². The van der Waals surface area contributed by atoms with E-state index in [1.165, 1.54) is 55.8 Å². The summed E-state index contributed by atoms with van der Waals surface area (Å²) < 4.78 is 0. The van der Waals surface area contributed by atoms with Gasteiger partial charge in [-0.25, -0.2) is 9.97 Å². The predicted molar refractivity (Wildman–Crippen MR) is 103 cm³/mol. The second-order valence-electron chi connectivity index (χ2n) is 6.60. The van der Waals surface area contributed by atoms with Crippen molar-refractivity contribution < 1.29 is 4.79 Å². The Bertz CT molecular complexity index is 886. The van der Waals surface area contributed by atoms with Crippen molar-refractivity contribution in [2.24, 2.45) is 0 Å². The van der Waals surface area contributed by atoms with Crippen LogP contribution in [0, 0.1) is 0 Å². The fourth-order valence-corrected chi connectivity index (χ4v) is 4.23. The van der Waals surface area contributed by atoms with E-state index in [1.807, 2.05) is 12.1 Å². The third-order valence-electron chi connectivity index (χ3n) is 4.82. The second kappa shape index (κ2) is 7.86. The summed E-state index contributed by atoms with van der Waals surface area (Å²) in [5.74, 6) is 0.927. The van der Waals surface area contributed by atoms with Crippen molar-refractivity contribution >= 4 is 34.4 Å². The minimum Gasteiger partial charge on any atom is -0.325 e. The van der Waals surface area contributed by atoms with E-state index < -0.39 is 0 Å². The molecule has 3 aromatic rings. The zero-order valence-corrected chi connectivity index (χ0v) is 15.3. The number of nitrogens with one attached hydrogen (secondary N) is 2. The van der Waals surface area contributed by atoms with Gasteiger partial charge in [-0.3, -0.25) is 9.89 Å². The Balaban J connectivity index is 1.33. The van der Waals surface area contributed by atoms with Crippen molar-refractivity contribution in [1.82, 2.24) is 20.2 Å². The molecule has 2 heterocycles. The van der Waals surface area contributed by atoms with Gasteiger partial charge in [-0.2, -0.15) is 5.10 Å². The number of nitrogens with zero attached hydrogens (tertiary/aromatic N) is 3. The molecule has 1 aromatic carbocycles. The lowest BCUT2D eigenvalue weighted by atomic mass is 9.84. The molecule has 1 aliphatic rings. The molecule has 0 aliphatic heterocycles. The molecular formula is C19H21N5OS. The van der Waals surface area contributed by atoms with Gasteiger partial charge in [0, 0.05) is 5.69 Å². The number of carbonyl (C=O) groups is 1. The van der Waals surface area contributed by atoms with Crippen LogP contribution in [-0.2, 0) is 4.79 Å². The summed E-state index contributed by atoms with van der Waals surface area (Å²) in [6, 6.07) is 8.31. The first kappa shape index (κ1) is 17.0. The maximum absolute atomic E-state index is 12.2. The van der Waals surface area contributed by atoms with Crippen LogP contribution in [0.3, 0.4) is 0 Å². The summed E-state index contributed by atoms with van der Waals surface area (Å²) in [5, 5.41) is 11.3. The van der Waals surface area contributed by atoms with Crippen LogP contribution in [-0.4, -0.2) is 31.8 Å². The SMILES string of the molecule is O=C(CSc1ncnc2[nH]ncc12)Nc1ccc(C2CCCCC2)cc1. The number of carbonyl (C=O) groups excluding carboxylic acids is 1. The van der Waals surface area contributed by atoms with Gasteiger partial charge in [-0.05, 0) is 36.5 Å². The molecule has 4 rings (SSSR count). The minimum atomic E-state index is -0.0457. The predicted octanol–water partition coefficient (Wildman–Crippen LogP) is 4.13. The highest BCUT2D eigenvalue weighted by Crippen LogP contribution is 2.33. The number of benzene rings is 1. The van der Waals surface area contributed by atoms with Gasteiger partial charge in [0.15, 0.2) is 5.65 Å². The average Bonchev–Trinajstić information content (AvgIpc) is 3.17. The van der Waals surface area contributed by atoms with Crippen LogP contribution in [0.2, 0.25) is 0 Å². The summed E-state index contributed by atoms with van der Waals surface area (Å²) in [5.41, 5.74) is 2.91. The van der Waals surface area contributed by atoms with E-state index in [0.29, 0.717) is 17.3 Å². The van der Waals surface area contributed by atoms with Crippen molar-refractivity contribution in [2.75, 3.05) is 11.1 Å². The Hall–Kier alpha value is -2.41. The monoisotopic (exact) mass is 367 g/mol. The molecule has 2 aromatic heterocycles. The van der Waals surface area contributed by atoms with Crippen molar-refractivity contribution in [2.45, 2.75) is 43.0 Å². The molecule has 0 spiro atoms. The smallest absolute Gasteiger partial charge is 0.234 e. The zero-order chi connectivity index (χ0) is 17.8. The highest BCUT2D eigenvalue weighted by molar-refractivity contribution is 8.00. The first-order chi connectivity index (χ1) is 12.8. The van der Waals surface area contributed by atoms with E-state index in [1.54, 1.807) is 6.20 Å². The van der Waals surface area contributed by atoms with E-state index in [0.717, 1.165) is 16.1 Å². The molecule has 7 heteroatoms. The molecule has 1 fully saturated rings. The van der Waals surface area contributed by atoms with E-state index in [9.17, 15) is 4.79 Å². The summed E-state index contributed by atoms with van der Waals surface area (Å²) >= 11 is 1.38. The van der Waals surface area contributed by atoms with E-state index >= 15 is 0 Å². The van der Waals surface area contributed by atoms with Crippen LogP contribution >= 0.6 is 11.8 Å². The fourth-order valence-electron chi connectivity index (χ4n) is 3.46. The van der Waals surface area contributed by atoms with E-state index in [2.05, 4.69) is 37.6 Å². The Morgan fingerprint density at radius 1 is 1.15 bits per heavy atom. The summed E-state index contributed by atoms with van der Waals surface area (Å²) in [7, 11) is 0. The molecule has 0 radical (unpaired) electrons. The molecule has 134 valence electrons. The normalized spacial score (nSPS) is 15.2. The Kier molecular flexibility index (Phi) is 5.15. The number of hydrogen-bond acceptors (Lipinski definition) is 5. The van der Waals surface area contributed by atoms with E-state index in [4.69, 9.17) is 0 Å². The summed E-state index contributed by atoms with van der Waals surface area (Å²) in [6.07, 6.45) is 9.73. The van der Waals surface area contributed by atoms with Crippen LogP contribution in [0.1, 0.15) is 43.6 Å². The Morgan fingerprint density at radius 3 is 2.77 bits per heavy atom. The van der Waals surface area contributed by atoms with Gasteiger partial charge in [0.25, 0.3) is 0 Å². The number of thioether (sulfide) groups is 1. The highest BCUT2D eigenvalue weighted by Gasteiger charge is 2.15. The molecule has 6 nitrogen and oxygen atoms in total. The molecule has 1 aliphatic carbocycles. The van der Waals surface area contributed by atoms with Crippen LogP contribution < -0.4 is 5.32 Å². The molecule has 0 saturated heterocycles. The Labute approximate surface area is 156 Å². The molecular weight excluding hydrogens is 346 g/mol. The molecule has 26 heavy (non-hydrogen) atoms. The average molecular weight is 367 g/mol. The van der Waals surface area contributed by atoms with Crippen molar-refractivity contribution in [3.8, 4) is 0 Å². The van der Waals surface area contributed by atoms with Gasteiger partial charge in [0.2, 0.25) is 5.91 Å². The topological polar surface area (TPSA) is 83.6 Å². The summed E-state index contributed by atoms with van der Waals surface area (Å²) in [6.45, 7) is 0. The van der Waals surface area contributed by atoms with Crippen LogP contribution in [0.15, 0.2) is 41.8 Å². The number of aromatic amines is 1.